The highest BCUT2D eigenvalue weighted by Gasteiger charge is 2.20. The van der Waals surface area contributed by atoms with Crippen molar-refractivity contribution >= 4 is 23.3 Å². The van der Waals surface area contributed by atoms with Gasteiger partial charge in [-0.15, -0.1) is 11.6 Å². The smallest absolute Gasteiger partial charge is 0.235 e. The van der Waals surface area contributed by atoms with Crippen LogP contribution < -0.4 is 5.32 Å². The van der Waals surface area contributed by atoms with Crippen molar-refractivity contribution in [3.05, 3.63) is 28.8 Å². The number of rotatable bonds is 4. The average molecular weight is 298 g/mol. The van der Waals surface area contributed by atoms with Crippen LogP contribution in [0.5, 0.6) is 5.75 Å². The molecule has 0 saturated carbocycles. The predicted molar refractivity (Wildman–Crippen MR) is 79.4 cm³/mol. The summed E-state index contributed by atoms with van der Waals surface area (Å²) in [5, 5.41) is 12.7. The summed E-state index contributed by atoms with van der Waals surface area (Å²) in [5.74, 6) is -0.755. The molecule has 0 bridgehead atoms. The Hall–Kier alpha value is -1.55. The molecule has 0 unspecified atom stereocenters. The maximum absolute atomic E-state index is 11.6. The van der Waals surface area contributed by atoms with Gasteiger partial charge in [0, 0.05) is 12.1 Å². The van der Waals surface area contributed by atoms with Gasteiger partial charge in [0.2, 0.25) is 5.91 Å². The van der Waals surface area contributed by atoms with E-state index in [1.54, 1.807) is 12.1 Å². The van der Waals surface area contributed by atoms with E-state index < -0.39 is 0 Å². The molecular weight excluding hydrogens is 278 g/mol. The van der Waals surface area contributed by atoms with Crippen LogP contribution >= 0.6 is 11.6 Å². The number of phenols is 1. The van der Waals surface area contributed by atoms with Crippen molar-refractivity contribution in [2.24, 2.45) is 0 Å². The Labute approximate surface area is 124 Å². The van der Waals surface area contributed by atoms with Crippen LogP contribution in [0.3, 0.4) is 0 Å². The van der Waals surface area contributed by atoms with Crippen molar-refractivity contribution in [3.63, 3.8) is 0 Å². The second kappa shape index (κ2) is 6.27. The summed E-state index contributed by atoms with van der Waals surface area (Å²) in [4.78, 5) is 22.8. The monoisotopic (exact) mass is 297 g/mol. The number of nitrogens with one attached hydrogen (secondary N) is 1. The molecule has 2 N–H and O–H groups in total. The van der Waals surface area contributed by atoms with Gasteiger partial charge in [-0.2, -0.15) is 0 Å². The van der Waals surface area contributed by atoms with Gasteiger partial charge in [-0.1, -0.05) is 20.8 Å². The van der Waals surface area contributed by atoms with Crippen LogP contribution in [0.1, 0.15) is 49.2 Å². The van der Waals surface area contributed by atoms with E-state index in [2.05, 4.69) is 5.32 Å². The Kier molecular flexibility index (Phi) is 5.17. The van der Waals surface area contributed by atoms with Crippen molar-refractivity contribution in [3.8, 4) is 5.75 Å². The number of hydrogen-bond donors (Lipinski definition) is 2. The van der Waals surface area contributed by atoms with Crippen LogP contribution in [0.2, 0.25) is 0 Å². The lowest BCUT2D eigenvalue weighted by Crippen LogP contribution is -2.24. The van der Waals surface area contributed by atoms with Crippen LogP contribution in [0.15, 0.2) is 12.1 Å². The summed E-state index contributed by atoms with van der Waals surface area (Å²) in [6.07, 6.45) is 0. The van der Waals surface area contributed by atoms with E-state index in [9.17, 15) is 14.7 Å². The van der Waals surface area contributed by atoms with E-state index in [1.807, 2.05) is 20.8 Å². The highest BCUT2D eigenvalue weighted by atomic mass is 35.5. The van der Waals surface area contributed by atoms with Crippen LogP contribution in [-0.4, -0.2) is 22.7 Å². The number of hydrogen-bond acceptors (Lipinski definition) is 3. The number of aromatic hydroxyl groups is 1. The van der Waals surface area contributed by atoms with Gasteiger partial charge >= 0.3 is 0 Å². The molecule has 1 aromatic rings. The fourth-order valence-corrected chi connectivity index (χ4v) is 1.87. The standard InChI is InChI=1S/C15H20ClNO3/c1-9(18)12-6-11(15(2,3)4)5-10(14(12)20)8-17-13(19)7-16/h5-6,20H,7-8H2,1-4H3,(H,17,19). The number of amides is 1. The Morgan fingerprint density at radius 3 is 2.35 bits per heavy atom. The summed E-state index contributed by atoms with van der Waals surface area (Å²) in [5.41, 5.74) is 1.55. The van der Waals surface area contributed by atoms with Gasteiger partial charge in [-0.3, -0.25) is 9.59 Å². The molecule has 0 aliphatic carbocycles. The lowest BCUT2D eigenvalue weighted by atomic mass is 9.84. The van der Waals surface area contributed by atoms with Crippen molar-refractivity contribution in [2.75, 3.05) is 5.88 Å². The minimum Gasteiger partial charge on any atom is -0.507 e. The van der Waals surface area contributed by atoms with Gasteiger partial charge < -0.3 is 10.4 Å². The molecule has 0 aliphatic rings. The third kappa shape index (κ3) is 3.97. The zero-order valence-corrected chi connectivity index (χ0v) is 13.0. The van der Waals surface area contributed by atoms with E-state index in [0.29, 0.717) is 5.56 Å². The first-order valence-corrected chi connectivity index (χ1v) is 6.90. The van der Waals surface area contributed by atoms with Crippen LogP contribution in [0, 0.1) is 0 Å². The molecular formula is C15H20ClNO3. The third-order valence-corrected chi connectivity index (χ3v) is 3.27. The van der Waals surface area contributed by atoms with E-state index in [1.165, 1.54) is 6.92 Å². The predicted octanol–water partition coefficient (Wildman–Crippen LogP) is 2.75. The fourth-order valence-electron chi connectivity index (χ4n) is 1.77. The molecule has 0 aliphatic heterocycles. The third-order valence-electron chi connectivity index (χ3n) is 3.03. The molecule has 0 spiro atoms. The zero-order chi connectivity index (χ0) is 15.5. The maximum Gasteiger partial charge on any atom is 0.235 e. The molecule has 0 heterocycles. The fraction of sp³-hybridized carbons (Fsp3) is 0.467. The van der Waals surface area contributed by atoms with Crippen LogP contribution in [0.25, 0.3) is 0 Å². The largest absolute Gasteiger partial charge is 0.507 e. The first-order valence-electron chi connectivity index (χ1n) is 6.36. The highest BCUT2D eigenvalue weighted by molar-refractivity contribution is 6.27. The average Bonchev–Trinajstić information content (AvgIpc) is 2.35. The topological polar surface area (TPSA) is 66.4 Å². The Balaban J connectivity index is 3.24. The van der Waals surface area contributed by atoms with Gasteiger partial charge in [0.15, 0.2) is 5.78 Å². The molecule has 110 valence electrons. The molecule has 0 fully saturated rings. The van der Waals surface area contributed by atoms with Crippen molar-refractivity contribution in [1.29, 1.82) is 0 Å². The first-order chi connectivity index (χ1) is 9.16. The minimum atomic E-state index is -0.323. The quantitative estimate of drug-likeness (QED) is 0.663. The number of carbonyl (C=O) groups excluding carboxylic acids is 2. The van der Waals surface area contributed by atoms with E-state index >= 15 is 0 Å². The zero-order valence-electron chi connectivity index (χ0n) is 12.2. The summed E-state index contributed by atoms with van der Waals surface area (Å²) in [6.45, 7) is 7.60. The highest BCUT2D eigenvalue weighted by Crippen LogP contribution is 2.31. The molecule has 0 saturated heterocycles. The second-order valence-corrected chi connectivity index (χ2v) is 6.02. The van der Waals surface area contributed by atoms with Crippen molar-refractivity contribution in [1.82, 2.24) is 5.32 Å². The summed E-state index contributed by atoms with van der Waals surface area (Å²) < 4.78 is 0. The molecule has 0 radical (unpaired) electrons. The molecule has 0 atom stereocenters. The Bertz CT molecular complexity index is 533. The molecule has 1 aromatic carbocycles. The maximum atomic E-state index is 11.6. The van der Waals surface area contributed by atoms with Gasteiger partial charge in [-0.25, -0.2) is 0 Å². The lowest BCUT2D eigenvalue weighted by molar-refractivity contribution is -0.118. The lowest BCUT2D eigenvalue weighted by Gasteiger charge is -2.22. The van der Waals surface area contributed by atoms with Gasteiger partial charge in [0.1, 0.15) is 11.6 Å². The van der Waals surface area contributed by atoms with E-state index in [0.717, 1.165) is 5.56 Å². The number of halogens is 1. The second-order valence-electron chi connectivity index (χ2n) is 5.75. The number of alkyl halides is 1. The number of carbonyl (C=O) groups is 2. The summed E-state index contributed by atoms with van der Waals surface area (Å²) in [6, 6.07) is 3.50. The number of phenolic OH excluding ortho intramolecular Hbond substituents is 1. The number of benzene rings is 1. The summed E-state index contributed by atoms with van der Waals surface area (Å²) in [7, 11) is 0. The molecule has 20 heavy (non-hydrogen) atoms. The van der Waals surface area contributed by atoms with Gasteiger partial charge in [0.05, 0.1) is 5.56 Å². The first kappa shape index (κ1) is 16.5. The van der Waals surface area contributed by atoms with Crippen LogP contribution in [0.4, 0.5) is 0 Å². The van der Waals surface area contributed by atoms with Crippen molar-refractivity contribution < 1.29 is 14.7 Å². The van der Waals surface area contributed by atoms with E-state index in [4.69, 9.17) is 11.6 Å². The molecule has 0 aromatic heterocycles. The minimum absolute atomic E-state index is 0.0830. The normalized spacial score (nSPS) is 11.2. The number of ketones is 1. The number of Topliss-reactive ketones (excluding diaryl/α,β-unsaturated/α-hetero) is 1. The molecule has 1 amide bonds. The molecule has 1 rings (SSSR count). The van der Waals surface area contributed by atoms with Gasteiger partial charge in [0.25, 0.3) is 0 Å². The summed E-state index contributed by atoms with van der Waals surface area (Å²) >= 11 is 5.41. The van der Waals surface area contributed by atoms with Crippen molar-refractivity contribution in [2.45, 2.75) is 39.7 Å². The molecule has 4 nitrogen and oxygen atoms in total. The van der Waals surface area contributed by atoms with Crippen LogP contribution in [-0.2, 0) is 16.8 Å². The Morgan fingerprint density at radius 1 is 1.30 bits per heavy atom. The Morgan fingerprint density at radius 2 is 1.90 bits per heavy atom. The molecule has 5 heteroatoms. The van der Waals surface area contributed by atoms with Gasteiger partial charge in [-0.05, 0) is 30.0 Å². The SMILES string of the molecule is CC(=O)c1cc(C(C)(C)C)cc(CNC(=O)CCl)c1O. The van der Waals surface area contributed by atoms with E-state index in [-0.39, 0.29) is 40.8 Å².